The van der Waals surface area contributed by atoms with Gasteiger partial charge in [-0.3, -0.25) is 9.59 Å². The van der Waals surface area contributed by atoms with E-state index >= 15 is 0 Å². The quantitative estimate of drug-likeness (QED) is 0.883. The minimum Gasteiger partial charge on any atom is -0.357 e. The molecule has 1 saturated carbocycles. The fourth-order valence-electron chi connectivity index (χ4n) is 4.06. The van der Waals surface area contributed by atoms with Crippen molar-refractivity contribution in [3.05, 3.63) is 23.5 Å². The molecule has 1 aromatic heterocycles. The number of carbonyl (C=O) groups excluding carboxylic acids is 2. The predicted octanol–water partition coefficient (Wildman–Crippen LogP) is 1.56. The van der Waals surface area contributed by atoms with Crippen LogP contribution >= 0.6 is 0 Å². The van der Waals surface area contributed by atoms with E-state index in [0.717, 1.165) is 31.2 Å². The number of carbonyl (C=O) groups is 2. The van der Waals surface area contributed by atoms with E-state index in [9.17, 15) is 9.59 Å². The molecular weight excluding hydrogens is 304 g/mol. The van der Waals surface area contributed by atoms with E-state index in [0.29, 0.717) is 11.7 Å². The minimum atomic E-state index is -0.305. The van der Waals surface area contributed by atoms with Gasteiger partial charge in [0.2, 0.25) is 5.91 Å². The molecule has 2 atom stereocenters. The first-order chi connectivity index (χ1) is 11.4. The van der Waals surface area contributed by atoms with Crippen LogP contribution in [-0.4, -0.2) is 65.9 Å². The normalized spacial score (nSPS) is 30.4. The van der Waals surface area contributed by atoms with Crippen LogP contribution in [0.5, 0.6) is 0 Å². The van der Waals surface area contributed by atoms with Gasteiger partial charge in [0.1, 0.15) is 5.69 Å². The summed E-state index contributed by atoms with van der Waals surface area (Å²) in [6.45, 7) is 1.95. The average Bonchev–Trinajstić information content (AvgIpc) is 3.02. The maximum atomic E-state index is 12.9. The summed E-state index contributed by atoms with van der Waals surface area (Å²) in [6, 6.07) is 2.58. The highest BCUT2D eigenvalue weighted by Gasteiger charge is 2.40. The molecule has 3 rings (SSSR count). The fraction of sp³-hybridized carbons (Fsp3) is 0.667. The van der Waals surface area contributed by atoms with Gasteiger partial charge in [-0.05, 0) is 58.3 Å². The number of hydrogen-bond acceptors (Lipinski definition) is 3. The van der Waals surface area contributed by atoms with Crippen LogP contribution in [-0.2, 0) is 4.79 Å². The summed E-state index contributed by atoms with van der Waals surface area (Å²) in [5.41, 5.74) is 1.37. The van der Waals surface area contributed by atoms with Crippen LogP contribution in [0.25, 0.3) is 0 Å². The van der Waals surface area contributed by atoms with Gasteiger partial charge in [-0.15, -0.1) is 0 Å². The highest BCUT2D eigenvalue weighted by molar-refractivity contribution is 5.99. The van der Waals surface area contributed by atoms with Crippen LogP contribution in [0.1, 0.15) is 54.6 Å². The van der Waals surface area contributed by atoms with Crippen molar-refractivity contribution < 1.29 is 9.59 Å². The van der Waals surface area contributed by atoms with Gasteiger partial charge in [0.05, 0.1) is 5.92 Å². The second-order valence-corrected chi connectivity index (χ2v) is 7.42. The Morgan fingerprint density at radius 1 is 1.29 bits per heavy atom. The lowest BCUT2D eigenvalue weighted by Crippen LogP contribution is -2.51. The topological polar surface area (TPSA) is 68.4 Å². The van der Waals surface area contributed by atoms with Crippen LogP contribution in [0.3, 0.4) is 0 Å². The first-order valence-electron chi connectivity index (χ1n) is 8.81. The van der Waals surface area contributed by atoms with Gasteiger partial charge in [-0.2, -0.15) is 0 Å². The first kappa shape index (κ1) is 17.0. The maximum Gasteiger partial charge on any atom is 0.270 e. The number of aromatic nitrogens is 1. The van der Waals surface area contributed by atoms with E-state index in [4.69, 9.17) is 0 Å². The highest BCUT2D eigenvalue weighted by Crippen LogP contribution is 2.32. The molecule has 24 heavy (non-hydrogen) atoms. The number of hydrogen-bond donors (Lipinski definition) is 2. The third-order valence-corrected chi connectivity index (χ3v) is 5.80. The zero-order valence-electron chi connectivity index (χ0n) is 15.0. The molecule has 6 heteroatoms. The first-order valence-corrected chi connectivity index (χ1v) is 8.81. The SMILES string of the molecule is CC1C(C(=O)NC2CCC(N(C)C)CC2)c2cc[nH]c2C(=O)N1C. The zero-order chi connectivity index (χ0) is 17.4. The number of nitrogens with zero attached hydrogens (tertiary/aromatic N) is 2. The summed E-state index contributed by atoms with van der Waals surface area (Å²) >= 11 is 0. The number of likely N-dealkylation sites (N-methyl/N-ethyl adjacent to an activating group) is 1. The Kier molecular flexibility index (Phi) is 4.67. The molecule has 1 aromatic rings. The molecule has 0 radical (unpaired) electrons. The van der Waals surface area contributed by atoms with Gasteiger partial charge in [0, 0.05) is 31.4 Å². The van der Waals surface area contributed by atoms with Crippen LogP contribution in [0, 0.1) is 0 Å². The average molecular weight is 332 g/mol. The zero-order valence-corrected chi connectivity index (χ0v) is 15.0. The molecule has 2 aliphatic rings. The molecule has 0 aromatic carbocycles. The van der Waals surface area contributed by atoms with Crippen LogP contribution in [0.2, 0.25) is 0 Å². The molecule has 132 valence electrons. The lowest BCUT2D eigenvalue weighted by Gasteiger charge is -2.38. The Morgan fingerprint density at radius 3 is 2.58 bits per heavy atom. The van der Waals surface area contributed by atoms with Crippen molar-refractivity contribution in [2.75, 3.05) is 21.1 Å². The van der Waals surface area contributed by atoms with Crippen LogP contribution < -0.4 is 5.32 Å². The Hall–Kier alpha value is -1.82. The summed E-state index contributed by atoms with van der Waals surface area (Å²) in [7, 11) is 6.00. The standard InChI is InChI=1S/C18H28N4O2/c1-11-15(14-9-10-19-16(14)18(24)22(11)4)17(23)20-12-5-7-13(8-6-12)21(2)3/h9-13,15,19H,5-8H2,1-4H3,(H,20,23). The summed E-state index contributed by atoms with van der Waals surface area (Å²) in [5.74, 6) is -0.311. The molecule has 0 bridgehead atoms. The van der Waals surface area contributed by atoms with Crippen molar-refractivity contribution in [3.8, 4) is 0 Å². The van der Waals surface area contributed by atoms with Crippen molar-refractivity contribution >= 4 is 11.8 Å². The third kappa shape index (κ3) is 2.95. The number of rotatable bonds is 3. The van der Waals surface area contributed by atoms with Crippen LogP contribution in [0.4, 0.5) is 0 Å². The Balaban J connectivity index is 1.69. The van der Waals surface area contributed by atoms with Gasteiger partial charge in [-0.1, -0.05) is 0 Å². The summed E-state index contributed by atoms with van der Waals surface area (Å²) in [6.07, 6.45) is 6.02. The monoisotopic (exact) mass is 332 g/mol. The number of nitrogens with one attached hydrogen (secondary N) is 2. The fourth-order valence-corrected chi connectivity index (χ4v) is 4.06. The van der Waals surface area contributed by atoms with Gasteiger partial charge in [0.15, 0.2) is 0 Å². The van der Waals surface area contributed by atoms with E-state index in [2.05, 4.69) is 29.3 Å². The molecule has 2 unspecified atom stereocenters. The minimum absolute atomic E-state index is 0.0380. The molecule has 0 saturated heterocycles. The largest absolute Gasteiger partial charge is 0.357 e. The van der Waals surface area contributed by atoms with E-state index in [1.54, 1.807) is 18.1 Å². The molecule has 2 N–H and O–H groups in total. The third-order valence-electron chi connectivity index (χ3n) is 5.80. The van der Waals surface area contributed by atoms with Gasteiger partial charge in [0.25, 0.3) is 5.91 Å². The lowest BCUT2D eigenvalue weighted by molar-refractivity contribution is -0.124. The van der Waals surface area contributed by atoms with Crippen molar-refractivity contribution in [1.82, 2.24) is 20.1 Å². The van der Waals surface area contributed by atoms with Crippen molar-refractivity contribution in [2.45, 2.75) is 56.7 Å². The van der Waals surface area contributed by atoms with Crippen LogP contribution in [0.15, 0.2) is 12.3 Å². The summed E-state index contributed by atoms with van der Waals surface area (Å²) in [4.78, 5) is 32.2. The molecule has 2 heterocycles. The summed E-state index contributed by atoms with van der Waals surface area (Å²) < 4.78 is 0. The highest BCUT2D eigenvalue weighted by atomic mass is 16.2. The number of fused-ring (bicyclic) bond motifs is 1. The molecule has 1 aliphatic heterocycles. The Bertz CT molecular complexity index is 616. The van der Waals surface area contributed by atoms with E-state index in [1.165, 1.54) is 0 Å². The molecule has 1 aliphatic carbocycles. The lowest BCUT2D eigenvalue weighted by atomic mass is 9.85. The van der Waals surface area contributed by atoms with Crippen molar-refractivity contribution in [1.29, 1.82) is 0 Å². The Labute approximate surface area is 143 Å². The second kappa shape index (κ2) is 6.59. The molecule has 6 nitrogen and oxygen atoms in total. The smallest absolute Gasteiger partial charge is 0.270 e. The summed E-state index contributed by atoms with van der Waals surface area (Å²) in [5, 5.41) is 3.24. The van der Waals surface area contributed by atoms with Crippen molar-refractivity contribution in [3.63, 3.8) is 0 Å². The van der Waals surface area contributed by atoms with E-state index in [-0.39, 0.29) is 29.8 Å². The predicted molar refractivity (Wildman–Crippen MR) is 93.0 cm³/mol. The second-order valence-electron chi connectivity index (χ2n) is 7.42. The number of amides is 2. The molecular formula is C18H28N4O2. The van der Waals surface area contributed by atoms with E-state index < -0.39 is 0 Å². The van der Waals surface area contributed by atoms with Crippen molar-refractivity contribution in [2.24, 2.45) is 0 Å². The molecule has 2 amide bonds. The maximum absolute atomic E-state index is 12.9. The number of H-pyrrole nitrogens is 1. The van der Waals surface area contributed by atoms with E-state index in [1.807, 2.05) is 13.0 Å². The van der Waals surface area contributed by atoms with Gasteiger partial charge >= 0.3 is 0 Å². The molecule has 1 fully saturated rings. The van der Waals surface area contributed by atoms with Gasteiger partial charge < -0.3 is 20.1 Å². The molecule has 0 spiro atoms. The van der Waals surface area contributed by atoms with Gasteiger partial charge in [-0.25, -0.2) is 0 Å². The Morgan fingerprint density at radius 2 is 1.96 bits per heavy atom. The number of aromatic amines is 1.